The van der Waals surface area contributed by atoms with Crippen LogP contribution in [0, 0.1) is 13.8 Å². The van der Waals surface area contributed by atoms with Gasteiger partial charge in [-0.3, -0.25) is 13.9 Å². The van der Waals surface area contributed by atoms with Crippen molar-refractivity contribution in [3.63, 3.8) is 0 Å². The normalized spacial score (nSPS) is 11.1. The molecule has 0 aromatic heterocycles. The van der Waals surface area contributed by atoms with E-state index in [4.69, 9.17) is 4.74 Å². The summed E-state index contributed by atoms with van der Waals surface area (Å²) < 4.78 is 31.6. The fourth-order valence-corrected chi connectivity index (χ4v) is 4.99. The first-order valence-corrected chi connectivity index (χ1v) is 13.8. The lowest BCUT2D eigenvalue weighted by molar-refractivity contribution is 0.0949. The molecule has 2 amide bonds. The van der Waals surface area contributed by atoms with Crippen LogP contribution in [0.25, 0.3) is 0 Å². The van der Waals surface area contributed by atoms with Gasteiger partial charge in [-0.15, -0.1) is 0 Å². The van der Waals surface area contributed by atoms with Gasteiger partial charge in [-0.1, -0.05) is 42.5 Å². The summed E-state index contributed by atoms with van der Waals surface area (Å²) in [6.07, 6.45) is 1.87. The summed E-state index contributed by atoms with van der Waals surface area (Å²) in [5.74, 6) is -0.657. The molecule has 0 fully saturated rings. The molecule has 3 aromatic carbocycles. The van der Waals surface area contributed by atoms with Gasteiger partial charge < -0.3 is 15.4 Å². The van der Waals surface area contributed by atoms with Crippen LogP contribution in [0.2, 0.25) is 0 Å². The molecule has 0 saturated carbocycles. The van der Waals surface area contributed by atoms with E-state index in [-0.39, 0.29) is 18.4 Å². The zero-order chi connectivity index (χ0) is 27.0. The topological polar surface area (TPSA) is 105 Å². The lowest BCUT2D eigenvalue weighted by Gasteiger charge is -2.26. The van der Waals surface area contributed by atoms with Crippen molar-refractivity contribution in [1.82, 2.24) is 5.32 Å². The molecule has 0 radical (unpaired) electrons. The molecule has 37 heavy (non-hydrogen) atoms. The fourth-order valence-electron chi connectivity index (χ4n) is 3.99. The summed E-state index contributed by atoms with van der Waals surface area (Å²) in [6.45, 7) is 4.90. The summed E-state index contributed by atoms with van der Waals surface area (Å²) in [7, 11) is -1.94. The maximum atomic E-state index is 12.9. The molecule has 0 spiro atoms. The second kappa shape index (κ2) is 12.5. The first kappa shape index (κ1) is 27.9. The van der Waals surface area contributed by atoms with Crippen LogP contribution in [-0.4, -0.2) is 46.7 Å². The number of carbonyl (C=O) groups is 2. The minimum atomic E-state index is -3.54. The first-order chi connectivity index (χ1) is 17.6. The van der Waals surface area contributed by atoms with Gasteiger partial charge in [0.1, 0.15) is 0 Å². The molecule has 0 heterocycles. The van der Waals surface area contributed by atoms with Gasteiger partial charge in [-0.05, 0) is 61.2 Å². The zero-order valence-electron chi connectivity index (χ0n) is 21.6. The molecule has 0 aliphatic carbocycles. The Morgan fingerprint density at radius 2 is 1.54 bits per heavy atom. The number of nitrogens with one attached hydrogen (secondary N) is 2. The van der Waals surface area contributed by atoms with Gasteiger partial charge in [0.25, 0.3) is 11.8 Å². The van der Waals surface area contributed by atoms with Crippen LogP contribution in [0.1, 0.15) is 43.8 Å². The van der Waals surface area contributed by atoms with Crippen LogP contribution >= 0.6 is 0 Å². The van der Waals surface area contributed by atoms with Gasteiger partial charge in [0.05, 0.1) is 29.7 Å². The number of amides is 2. The lowest BCUT2D eigenvalue weighted by atomic mass is 10.1. The Balaban J connectivity index is 1.74. The van der Waals surface area contributed by atoms with Gasteiger partial charge in [0.2, 0.25) is 10.0 Å². The van der Waals surface area contributed by atoms with E-state index in [0.29, 0.717) is 42.1 Å². The predicted molar refractivity (Wildman–Crippen MR) is 147 cm³/mol. The number of hydrogen-bond donors (Lipinski definition) is 2. The lowest BCUT2D eigenvalue weighted by Crippen LogP contribution is -2.30. The molecular formula is C28H33N3O5S. The zero-order valence-corrected chi connectivity index (χ0v) is 22.4. The predicted octanol–water partition coefficient (Wildman–Crippen LogP) is 4.29. The standard InChI is InChI=1S/C28H33N3O5S/c1-20-9-7-10-21(2)26(20)31(37(4,34)35)19-22-13-15-23(16-14-22)27(32)30-25-12-6-5-11-24(25)28(33)29-17-8-18-36-3/h5-7,9-16H,8,17-19H2,1-4H3,(H,29,33)(H,30,32). The first-order valence-electron chi connectivity index (χ1n) is 11.9. The summed E-state index contributed by atoms with van der Waals surface area (Å²) in [5.41, 5.74) is 4.27. The van der Waals surface area contributed by atoms with E-state index in [1.807, 2.05) is 32.0 Å². The number of benzene rings is 3. The van der Waals surface area contributed by atoms with Crippen molar-refractivity contribution in [2.45, 2.75) is 26.8 Å². The molecule has 196 valence electrons. The monoisotopic (exact) mass is 523 g/mol. The number of methoxy groups -OCH3 is 1. The van der Waals surface area contributed by atoms with E-state index in [1.54, 1.807) is 55.6 Å². The smallest absolute Gasteiger partial charge is 0.255 e. The molecule has 8 nitrogen and oxygen atoms in total. The highest BCUT2D eigenvalue weighted by molar-refractivity contribution is 7.92. The molecule has 0 atom stereocenters. The van der Waals surface area contributed by atoms with E-state index < -0.39 is 10.0 Å². The van der Waals surface area contributed by atoms with Crippen molar-refractivity contribution < 1.29 is 22.7 Å². The maximum absolute atomic E-state index is 12.9. The van der Waals surface area contributed by atoms with Crippen LogP contribution in [0.4, 0.5) is 11.4 Å². The summed E-state index contributed by atoms with van der Waals surface area (Å²) >= 11 is 0. The van der Waals surface area contributed by atoms with Crippen LogP contribution in [0.15, 0.2) is 66.7 Å². The van der Waals surface area contributed by atoms with Crippen molar-refractivity contribution in [1.29, 1.82) is 0 Å². The Bertz CT molecular complexity index is 1330. The third-order valence-corrected chi connectivity index (χ3v) is 6.97. The van der Waals surface area contributed by atoms with Gasteiger partial charge in [-0.25, -0.2) is 8.42 Å². The number of anilines is 2. The van der Waals surface area contributed by atoms with Crippen molar-refractivity contribution >= 4 is 33.2 Å². The number of sulfonamides is 1. The van der Waals surface area contributed by atoms with Crippen molar-refractivity contribution in [2.75, 3.05) is 36.1 Å². The number of carbonyl (C=O) groups excluding carboxylic acids is 2. The van der Waals surface area contributed by atoms with E-state index in [9.17, 15) is 18.0 Å². The van der Waals surface area contributed by atoms with Crippen molar-refractivity contribution in [3.05, 3.63) is 94.5 Å². The Labute approximate surface area is 218 Å². The van der Waals surface area contributed by atoms with Gasteiger partial charge in [0, 0.05) is 25.8 Å². The average Bonchev–Trinajstić information content (AvgIpc) is 2.86. The molecule has 2 N–H and O–H groups in total. The molecule has 9 heteroatoms. The largest absolute Gasteiger partial charge is 0.385 e. The minimum Gasteiger partial charge on any atom is -0.385 e. The highest BCUT2D eigenvalue weighted by Gasteiger charge is 2.22. The summed E-state index contributed by atoms with van der Waals surface area (Å²) in [5, 5.41) is 5.63. The second-order valence-corrected chi connectivity index (χ2v) is 10.7. The summed E-state index contributed by atoms with van der Waals surface area (Å²) in [4.78, 5) is 25.5. The Hall–Kier alpha value is -3.69. The van der Waals surface area contributed by atoms with Crippen molar-refractivity contribution in [3.8, 4) is 0 Å². The molecule has 0 bridgehead atoms. The molecule has 0 unspecified atom stereocenters. The molecular weight excluding hydrogens is 490 g/mol. The minimum absolute atomic E-state index is 0.137. The average molecular weight is 524 g/mol. The SMILES string of the molecule is COCCCNC(=O)c1ccccc1NC(=O)c1ccc(CN(c2c(C)cccc2C)S(C)(=O)=O)cc1. The third-order valence-electron chi connectivity index (χ3n) is 5.86. The van der Waals surface area contributed by atoms with Crippen LogP contribution < -0.4 is 14.9 Å². The highest BCUT2D eigenvalue weighted by Crippen LogP contribution is 2.28. The van der Waals surface area contributed by atoms with Gasteiger partial charge in [0.15, 0.2) is 0 Å². The maximum Gasteiger partial charge on any atom is 0.255 e. The molecule has 0 aliphatic rings. The number of aryl methyl sites for hydroxylation is 2. The number of para-hydroxylation sites is 2. The fraction of sp³-hybridized carbons (Fsp3) is 0.286. The number of ether oxygens (including phenoxy) is 1. The van der Waals surface area contributed by atoms with Gasteiger partial charge in [-0.2, -0.15) is 0 Å². The second-order valence-electron chi connectivity index (χ2n) is 8.81. The third kappa shape index (κ3) is 7.41. The number of hydrogen-bond acceptors (Lipinski definition) is 5. The summed E-state index contributed by atoms with van der Waals surface area (Å²) in [6, 6.07) is 19.2. The van der Waals surface area contributed by atoms with E-state index in [1.165, 1.54) is 10.6 Å². The highest BCUT2D eigenvalue weighted by atomic mass is 32.2. The van der Waals surface area contributed by atoms with E-state index >= 15 is 0 Å². The number of rotatable bonds is 11. The Morgan fingerprint density at radius 3 is 2.16 bits per heavy atom. The van der Waals surface area contributed by atoms with E-state index in [2.05, 4.69) is 10.6 Å². The Kier molecular flexibility index (Phi) is 9.43. The number of nitrogens with zero attached hydrogens (tertiary/aromatic N) is 1. The quantitative estimate of drug-likeness (QED) is 0.365. The van der Waals surface area contributed by atoms with Crippen LogP contribution in [0.3, 0.4) is 0 Å². The molecule has 3 rings (SSSR count). The van der Waals surface area contributed by atoms with Crippen LogP contribution in [-0.2, 0) is 21.3 Å². The Morgan fingerprint density at radius 1 is 0.892 bits per heavy atom. The van der Waals surface area contributed by atoms with E-state index in [0.717, 1.165) is 16.7 Å². The molecule has 0 aliphatic heterocycles. The molecule has 3 aromatic rings. The van der Waals surface area contributed by atoms with Gasteiger partial charge >= 0.3 is 0 Å². The molecule has 0 saturated heterocycles. The van der Waals surface area contributed by atoms with Crippen LogP contribution in [0.5, 0.6) is 0 Å². The van der Waals surface area contributed by atoms with Crippen molar-refractivity contribution in [2.24, 2.45) is 0 Å².